The summed E-state index contributed by atoms with van der Waals surface area (Å²) < 4.78 is 0. The lowest BCUT2D eigenvalue weighted by Gasteiger charge is -2.34. The maximum Gasteiger partial charge on any atom is 0.227 e. The van der Waals surface area contributed by atoms with Gasteiger partial charge < -0.3 is 9.80 Å². The zero-order chi connectivity index (χ0) is 16.2. The largest absolute Gasteiger partial charge is 0.339 e. The predicted octanol–water partition coefficient (Wildman–Crippen LogP) is 2.67. The molecule has 0 unspecified atom stereocenters. The van der Waals surface area contributed by atoms with Crippen molar-refractivity contribution in [2.45, 2.75) is 6.42 Å². The highest BCUT2D eigenvalue weighted by molar-refractivity contribution is 6.36. The highest BCUT2D eigenvalue weighted by Gasteiger charge is 2.23. The third-order valence-electron chi connectivity index (χ3n) is 3.86. The summed E-state index contributed by atoms with van der Waals surface area (Å²) in [5.41, 5.74) is 0.689. The third-order valence-corrected chi connectivity index (χ3v) is 4.57. The molecule has 3 rings (SSSR count). The summed E-state index contributed by atoms with van der Waals surface area (Å²) >= 11 is 12.3. The number of benzene rings is 1. The second kappa shape index (κ2) is 7.15. The SMILES string of the molecule is O=C(Cc1c(Cl)cccc1Cl)N1CCN(c2ncccn2)CC1. The first-order valence-corrected chi connectivity index (χ1v) is 8.13. The summed E-state index contributed by atoms with van der Waals surface area (Å²) in [7, 11) is 0. The molecule has 120 valence electrons. The lowest BCUT2D eigenvalue weighted by atomic mass is 10.1. The fourth-order valence-electron chi connectivity index (χ4n) is 2.57. The molecule has 23 heavy (non-hydrogen) atoms. The van der Waals surface area contributed by atoms with Crippen LogP contribution < -0.4 is 4.90 Å². The van der Waals surface area contributed by atoms with Gasteiger partial charge in [0.15, 0.2) is 0 Å². The molecule has 0 aliphatic carbocycles. The first kappa shape index (κ1) is 16.0. The Labute approximate surface area is 144 Å². The summed E-state index contributed by atoms with van der Waals surface area (Å²) in [6.07, 6.45) is 3.67. The van der Waals surface area contributed by atoms with Crippen molar-refractivity contribution in [3.8, 4) is 0 Å². The predicted molar refractivity (Wildman–Crippen MR) is 91.0 cm³/mol. The smallest absolute Gasteiger partial charge is 0.227 e. The van der Waals surface area contributed by atoms with Crippen LogP contribution in [0.1, 0.15) is 5.56 Å². The highest BCUT2D eigenvalue weighted by atomic mass is 35.5. The van der Waals surface area contributed by atoms with Crippen LogP contribution >= 0.6 is 23.2 Å². The van der Waals surface area contributed by atoms with Gasteiger partial charge in [0, 0.05) is 48.6 Å². The molecule has 1 aromatic heterocycles. The van der Waals surface area contributed by atoms with Crippen molar-refractivity contribution >= 4 is 35.1 Å². The molecule has 1 saturated heterocycles. The molecule has 5 nitrogen and oxygen atoms in total. The lowest BCUT2D eigenvalue weighted by molar-refractivity contribution is -0.130. The standard InChI is InChI=1S/C16H16Cl2N4O/c17-13-3-1-4-14(18)12(13)11-15(23)21-7-9-22(10-8-21)16-19-5-2-6-20-16/h1-6H,7-11H2. The van der Waals surface area contributed by atoms with Gasteiger partial charge in [-0.05, 0) is 23.8 Å². The number of aromatic nitrogens is 2. The Morgan fingerprint density at radius 2 is 1.61 bits per heavy atom. The van der Waals surface area contributed by atoms with E-state index in [0.29, 0.717) is 47.7 Å². The number of hydrogen-bond acceptors (Lipinski definition) is 4. The Bertz CT molecular complexity index is 667. The average Bonchev–Trinajstić information content (AvgIpc) is 2.59. The number of anilines is 1. The number of halogens is 2. The molecule has 2 heterocycles. The minimum Gasteiger partial charge on any atom is -0.339 e. The lowest BCUT2D eigenvalue weighted by Crippen LogP contribution is -2.49. The molecule has 1 fully saturated rings. The molecule has 1 aliphatic heterocycles. The zero-order valence-corrected chi connectivity index (χ0v) is 14.0. The number of nitrogens with zero attached hydrogens (tertiary/aromatic N) is 4. The van der Waals surface area contributed by atoms with Gasteiger partial charge in [0.25, 0.3) is 0 Å². The maximum atomic E-state index is 12.5. The molecule has 1 aliphatic rings. The first-order valence-electron chi connectivity index (χ1n) is 7.38. The number of carbonyl (C=O) groups is 1. The number of hydrogen-bond donors (Lipinski definition) is 0. The average molecular weight is 351 g/mol. The Balaban J connectivity index is 1.60. The van der Waals surface area contributed by atoms with Crippen LogP contribution in [0.25, 0.3) is 0 Å². The van der Waals surface area contributed by atoms with Crippen molar-refractivity contribution in [3.05, 3.63) is 52.3 Å². The van der Waals surface area contributed by atoms with Gasteiger partial charge in [-0.2, -0.15) is 0 Å². The fourth-order valence-corrected chi connectivity index (χ4v) is 3.11. The molecule has 0 spiro atoms. The van der Waals surface area contributed by atoms with Gasteiger partial charge >= 0.3 is 0 Å². The second-order valence-electron chi connectivity index (χ2n) is 5.29. The summed E-state index contributed by atoms with van der Waals surface area (Å²) in [6, 6.07) is 7.06. The highest BCUT2D eigenvalue weighted by Crippen LogP contribution is 2.25. The third kappa shape index (κ3) is 3.74. The molecule has 0 atom stereocenters. The molecule has 0 radical (unpaired) electrons. The Kier molecular flexibility index (Phi) is 4.98. The normalized spacial score (nSPS) is 14.9. The van der Waals surface area contributed by atoms with Gasteiger partial charge in [0.05, 0.1) is 6.42 Å². The first-order chi connectivity index (χ1) is 11.1. The van der Waals surface area contributed by atoms with Crippen LogP contribution in [0.3, 0.4) is 0 Å². The van der Waals surface area contributed by atoms with Crippen LogP contribution in [0.2, 0.25) is 10.0 Å². The van der Waals surface area contributed by atoms with Crippen molar-refractivity contribution in [3.63, 3.8) is 0 Å². The quantitative estimate of drug-likeness (QED) is 0.853. The van der Waals surface area contributed by atoms with Gasteiger partial charge in [0.1, 0.15) is 0 Å². The van der Waals surface area contributed by atoms with Gasteiger partial charge in [-0.15, -0.1) is 0 Å². The van der Waals surface area contributed by atoms with Crippen molar-refractivity contribution in [2.24, 2.45) is 0 Å². The molecule has 0 N–H and O–H groups in total. The van der Waals surface area contributed by atoms with E-state index in [0.717, 1.165) is 0 Å². The van der Waals surface area contributed by atoms with Gasteiger partial charge in [-0.1, -0.05) is 29.3 Å². The van der Waals surface area contributed by atoms with Crippen LogP contribution in [0, 0.1) is 0 Å². The van der Waals surface area contributed by atoms with E-state index in [9.17, 15) is 4.79 Å². The number of rotatable bonds is 3. The maximum absolute atomic E-state index is 12.5. The van der Waals surface area contributed by atoms with E-state index in [-0.39, 0.29) is 12.3 Å². The van der Waals surface area contributed by atoms with Gasteiger partial charge in [-0.3, -0.25) is 4.79 Å². The topological polar surface area (TPSA) is 49.3 Å². The van der Waals surface area contributed by atoms with Crippen LogP contribution in [-0.4, -0.2) is 47.0 Å². The van der Waals surface area contributed by atoms with E-state index >= 15 is 0 Å². The van der Waals surface area contributed by atoms with E-state index < -0.39 is 0 Å². The van der Waals surface area contributed by atoms with Gasteiger partial charge in [-0.25, -0.2) is 9.97 Å². The second-order valence-corrected chi connectivity index (χ2v) is 6.11. The monoisotopic (exact) mass is 350 g/mol. The van der Waals surface area contributed by atoms with Crippen LogP contribution in [0.5, 0.6) is 0 Å². The van der Waals surface area contributed by atoms with Gasteiger partial charge in [0.2, 0.25) is 11.9 Å². The van der Waals surface area contributed by atoms with Crippen molar-refractivity contribution in [2.75, 3.05) is 31.1 Å². The van der Waals surface area contributed by atoms with Crippen LogP contribution in [0.15, 0.2) is 36.7 Å². The zero-order valence-electron chi connectivity index (χ0n) is 12.5. The van der Waals surface area contributed by atoms with E-state index in [1.807, 2.05) is 4.90 Å². The minimum atomic E-state index is 0.0358. The minimum absolute atomic E-state index is 0.0358. The Morgan fingerprint density at radius 3 is 2.22 bits per heavy atom. The van der Waals surface area contributed by atoms with Crippen molar-refractivity contribution < 1.29 is 4.79 Å². The van der Waals surface area contributed by atoms with Crippen molar-refractivity contribution in [1.29, 1.82) is 0 Å². The van der Waals surface area contributed by atoms with Crippen LogP contribution in [-0.2, 0) is 11.2 Å². The molecule has 0 bridgehead atoms. The molecule has 1 amide bonds. The summed E-state index contributed by atoms with van der Waals surface area (Å²) in [6.45, 7) is 2.70. The van der Waals surface area contributed by atoms with E-state index in [4.69, 9.17) is 23.2 Å². The van der Waals surface area contributed by atoms with E-state index in [1.54, 1.807) is 36.7 Å². The van der Waals surface area contributed by atoms with Crippen LogP contribution in [0.4, 0.5) is 5.95 Å². The molecular formula is C16H16Cl2N4O. The van der Waals surface area contributed by atoms with Crippen molar-refractivity contribution in [1.82, 2.24) is 14.9 Å². The fraction of sp³-hybridized carbons (Fsp3) is 0.312. The molecule has 7 heteroatoms. The summed E-state index contributed by atoms with van der Waals surface area (Å²) in [4.78, 5) is 24.9. The van der Waals surface area contributed by atoms with E-state index in [1.165, 1.54) is 0 Å². The van der Waals surface area contributed by atoms with E-state index in [2.05, 4.69) is 14.9 Å². The Hall–Kier alpha value is -1.85. The number of amides is 1. The number of carbonyl (C=O) groups excluding carboxylic acids is 1. The summed E-state index contributed by atoms with van der Waals surface area (Å²) in [5.74, 6) is 0.738. The molecule has 0 saturated carbocycles. The summed E-state index contributed by atoms with van der Waals surface area (Å²) in [5, 5.41) is 1.06. The molecule has 1 aromatic carbocycles. The molecule has 2 aromatic rings. The number of piperazine rings is 1. The molecular weight excluding hydrogens is 335 g/mol. The Morgan fingerprint density at radius 1 is 1.00 bits per heavy atom.